The number of amides is 2. The van der Waals surface area contributed by atoms with Gasteiger partial charge in [0, 0.05) is 11.3 Å². The van der Waals surface area contributed by atoms with Gasteiger partial charge in [-0.3, -0.25) is 24.0 Å². The van der Waals surface area contributed by atoms with E-state index in [2.05, 4.69) is 25.6 Å². The first-order valence-corrected chi connectivity index (χ1v) is 10.2. The molecule has 156 valence electrons. The van der Waals surface area contributed by atoms with Crippen molar-refractivity contribution >= 4 is 47.0 Å². The molecule has 0 radical (unpaired) electrons. The van der Waals surface area contributed by atoms with Gasteiger partial charge in [0.15, 0.2) is 10.6 Å². The molecular formula is C19H19N5O4S2. The molecule has 1 aromatic carbocycles. The smallest absolute Gasteiger partial charge is 0.325 e. The molecule has 2 heterocycles. The lowest BCUT2D eigenvalue weighted by Gasteiger charge is -2.15. The van der Waals surface area contributed by atoms with Crippen molar-refractivity contribution in [3.05, 3.63) is 52.1 Å². The number of esters is 1. The number of hydrogen-bond acceptors (Lipinski definition) is 7. The maximum Gasteiger partial charge on any atom is 0.325 e. The molecule has 0 aliphatic rings. The van der Waals surface area contributed by atoms with Gasteiger partial charge in [0.2, 0.25) is 5.91 Å². The van der Waals surface area contributed by atoms with Crippen LogP contribution in [0.4, 0.5) is 5.69 Å². The molecule has 0 bridgehead atoms. The molecule has 1 unspecified atom stereocenters. The zero-order chi connectivity index (χ0) is 21.7. The lowest BCUT2D eigenvalue weighted by molar-refractivity contribution is -0.139. The number of aromatic amines is 1. The standard InChI is InChI=1S/C19H19N5O4S2/c1-11(24-16(22-23-19(24)29)14-7-4-8-30-14)17(26)21-13-6-3-5-12(9-13)18(27)20-10-15(25)28-2/h3-9,11H,10H2,1-2H3,(H,20,27)(H,21,26)(H,23,29). The number of hydrogen-bond donors (Lipinski definition) is 3. The van der Waals surface area contributed by atoms with Gasteiger partial charge in [-0.25, -0.2) is 0 Å². The van der Waals surface area contributed by atoms with E-state index in [-0.39, 0.29) is 12.5 Å². The number of H-pyrrole nitrogens is 1. The van der Waals surface area contributed by atoms with E-state index in [9.17, 15) is 14.4 Å². The van der Waals surface area contributed by atoms with Gasteiger partial charge < -0.3 is 15.4 Å². The van der Waals surface area contributed by atoms with E-state index in [4.69, 9.17) is 12.2 Å². The van der Waals surface area contributed by atoms with E-state index in [1.807, 2.05) is 17.5 Å². The third kappa shape index (κ3) is 4.81. The van der Waals surface area contributed by atoms with Crippen molar-refractivity contribution in [1.29, 1.82) is 0 Å². The summed E-state index contributed by atoms with van der Waals surface area (Å²) >= 11 is 6.79. The summed E-state index contributed by atoms with van der Waals surface area (Å²) < 4.78 is 6.46. The van der Waals surface area contributed by atoms with Crippen LogP contribution < -0.4 is 10.6 Å². The summed E-state index contributed by atoms with van der Waals surface area (Å²) in [5.74, 6) is -0.757. The van der Waals surface area contributed by atoms with Crippen LogP contribution in [0.1, 0.15) is 23.3 Å². The number of benzene rings is 1. The van der Waals surface area contributed by atoms with Crippen LogP contribution in [0.5, 0.6) is 0 Å². The van der Waals surface area contributed by atoms with E-state index in [1.165, 1.54) is 24.5 Å². The minimum Gasteiger partial charge on any atom is -0.468 e. The van der Waals surface area contributed by atoms with Crippen molar-refractivity contribution in [3.63, 3.8) is 0 Å². The molecule has 2 aromatic heterocycles. The zero-order valence-electron chi connectivity index (χ0n) is 16.2. The molecule has 30 heavy (non-hydrogen) atoms. The first kappa shape index (κ1) is 21.4. The van der Waals surface area contributed by atoms with Gasteiger partial charge in [0.25, 0.3) is 5.91 Å². The van der Waals surface area contributed by atoms with E-state index in [1.54, 1.807) is 29.7 Å². The largest absolute Gasteiger partial charge is 0.468 e. The molecule has 3 N–H and O–H groups in total. The van der Waals surface area contributed by atoms with E-state index >= 15 is 0 Å². The van der Waals surface area contributed by atoms with Crippen LogP contribution >= 0.6 is 23.6 Å². The van der Waals surface area contributed by atoms with Gasteiger partial charge in [-0.15, -0.1) is 11.3 Å². The van der Waals surface area contributed by atoms with Crippen LogP contribution in [0.3, 0.4) is 0 Å². The van der Waals surface area contributed by atoms with Crippen molar-refractivity contribution < 1.29 is 19.1 Å². The number of carbonyl (C=O) groups is 3. The van der Waals surface area contributed by atoms with Crippen LogP contribution in [0.25, 0.3) is 10.7 Å². The molecule has 2 amide bonds. The molecule has 0 aliphatic carbocycles. The number of nitrogens with one attached hydrogen (secondary N) is 3. The SMILES string of the molecule is COC(=O)CNC(=O)c1cccc(NC(=O)C(C)n2c(-c3cccs3)n[nH]c2=S)c1. The third-order valence-corrected chi connectivity index (χ3v) is 5.38. The third-order valence-electron chi connectivity index (χ3n) is 4.23. The minimum absolute atomic E-state index is 0.243. The van der Waals surface area contributed by atoms with Crippen LogP contribution in [-0.4, -0.2) is 46.2 Å². The molecule has 1 atom stereocenters. The highest BCUT2D eigenvalue weighted by Gasteiger charge is 2.21. The second-order valence-electron chi connectivity index (χ2n) is 6.20. The highest BCUT2D eigenvalue weighted by atomic mass is 32.1. The normalized spacial score (nSPS) is 11.5. The fourth-order valence-corrected chi connectivity index (χ4v) is 3.67. The number of aromatic nitrogens is 3. The number of methoxy groups -OCH3 is 1. The average Bonchev–Trinajstić information content (AvgIpc) is 3.40. The van der Waals surface area contributed by atoms with E-state index in [0.717, 1.165) is 4.88 Å². The van der Waals surface area contributed by atoms with Gasteiger partial charge in [-0.1, -0.05) is 12.1 Å². The van der Waals surface area contributed by atoms with Crippen molar-refractivity contribution in [2.24, 2.45) is 0 Å². The summed E-state index contributed by atoms with van der Waals surface area (Å²) in [5, 5.41) is 14.1. The molecule has 11 heteroatoms. The summed E-state index contributed by atoms with van der Waals surface area (Å²) in [7, 11) is 1.24. The Morgan fingerprint density at radius 1 is 1.30 bits per heavy atom. The zero-order valence-corrected chi connectivity index (χ0v) is 17.8. The molecular weight excluding hydrogens is 426 g/mol. The fraction of sp³-hybridized carbons (Fsp3) is 0.211. The fourth-order valence-electron chi connectivity index (χ4n) is 2.67. The number of carbonyl (C=O) groups excluding carboxylic acids is 3. The molecule has 3 aromatic rings. The maximum absolute atomic E-state index is 12.8. The molecule has 0 saturated heterocycles. The predicted octanol–water partition coefficient (Wildman–Crippen LogP) is 2.77. The summed E-state index contributed by atoms with van der Waals surface area (Å²) in [6, 6.07) is 9.53. The number of rotatable bonds is 7. The lowest BCUT2D eigenvalue weighted by Crippen LogP contribution is -2.30. The topological polar surface area (TPSA) is 118 Å². The second-order valence-corrected chi connectivity index (χ2v) is 7.54. The highest BCUT2D eigenvalue weighted by Crippen LogP contribution is 2.26. The summed E-state index contributed by atoms with van der Waals surface area (Å²) in [5.41, 5.74) is 0.730. The summed E-state index contributed by atoms with van der Waals surface area (Å²) in [6.07, 6.45) is 0. The Balaban J connectivity index is 1.74. The summed E-state index contributed by atoms with van der Waals surface area (Å²) in [4.78, 5) is 37.1. The van der Waals surface area contributed by atoms with Crippen molar-refractivity contribution in [3.8, 4) is 10.7 Å². The Bertz CT molecular complexity index is 1120. The molecule has 0 saturated carbocycles. The maximum atomic E-state index is 12.8. The Morgan fingerprint density at radius 2 is 2.10 bits per heavy atom. The van der Waals surface area contributed by atoms with Gasteiger partial charge in [0.1, 0.15) is 12.6 Å². The Labute approximate surface area is 181 Å². The van der Waals surface area contributed by atoms with Crippen molar-refractivity contribution in [2.75, 3.05) is 19.0 Å². The van der Waals surface area contributed by atoms with Crippen LogP contribution in [0, 0.1) is 4.77 Å². The molecule has 0 fully saturated rings. The van der Waals surface area contributed by atoms with Gasteiger partial charge in [-0.05, 0) is 48.8 Å². The second kappa shape index (κ2) is 9.46. The van der Waals surface area contributed by atoms with E-state index < -0.39 is 17.9 Å². The van der Waals surface area contributed by atoms with Gasteiger partial charge >= 0.3 is 5.97 Å². The molecule has 9 nitrogen and oxygen atoms in total. The number of thiophene rings is 1. The highest BCUT2D eigenvalue weighted by molar-refractivity contribution is 7.71. The minimum atomic E-state index is -0.648. The Morgan fingerprint density at radius 3 is 2.80 bits per heavy atom. The van der Waals surface area contributed by atoms with Gasteiger partial charge in [-0.2, -0.15) is 5.10 Å². The molecule has 0 aliphatic heterocycles. The first-order chi connectivity index (χ1) is 14.4. The van der Waals surface area contributed by atoms with Crippen molar-refractivity contribution in [2.45, 2.75) is 13.0 Å². The lowest BCUT2D eigenvalue weighted by atomic mass is 10.1. The van der Waals surface area contributed by atoms with Crippen LogP contribution in [0.15, 0.2) is 41.8 Å². The monoisotopic (exact) mass is 445 g/mol. The predicted molar refractivity (Wildman–Crippen MR) is 115 cm³/mol. The van der Waals surface area contributed by atoms with Crippen LogP contribution in [-0.2, 0) is 14.3 Å². The van der Waals surface area contributed by atoms with Crippen LogP contribution in [0.2, 0.25) is 0 Å². The first-order valence-electron chi connectivity index (χ1n) is 8.87. The average molecular weight is 446 g/mol. The number of ether oxygens (including phenoxy) is 1. The van der Waals surface area contributed by atoms with Gasteiger partial charge in [0.05, 0.1) is 12.0 Å². The quantitative estimate of drug-likeness (QED) is 0.380. The van der Waals surface area contributed by atoms with Crippen molar-refractivity contribution in [1.82, 2.24) is 20.1 Å². The summed E-state index contributed by atoms with van der Waals surface area (Å²) in [6.45, 7) is 1.47. The number of nitrogens with zero attached hydrogens (tertiary/aromatic N) is 2. The molecule has 0 spiro atoms. The van der Waals surface area contributed by atoms with E-state index in [0.29, 0.717) is 21.8 Å². The Hall–Kier alpha value is -3.31. The molecule has 3 rings (SSSR count). The Kier molecular flexibility index (Phi) is 6.75. The number of anilines is 1.